The predicted octanol–water partition coefficient (Wildman–Crippen LogP) is 5.31. The zero-order valence-electron chi connectivity index (χ0n) is 9.82. The lowest BCUT2D eigenvalue weighted by Gasteiger charge is -1.68. The third-order valence-electron chi connectivity index (χ3n) is 0.500. The molecule has 0 aromatic carbocycles. The Kier molecular flexibility index (Phi) is 465. The molecule has 11 heavy (non-hydrogen) atoms. The van der Waals surface area contributed by atoms with Crippen LogP contribution in [0.2, 0.25) is 0 Å². The van der Waals surface area contributed by atoms with Gasteiger partial charge in [0.15, 0.2) is 0 Å². The van der Waals surface area contributed by atoms with Crippen molar-refractivity contribution < 1.29 is 0 Å². The van der Waals surface area contributed by atoms with Crippen LogP contribution in [0.25, 0.3) is 0 Å². The van der Waals surface area contributed by atoms with Crippen LogP contribution in [-0.2, 0) is 0 Å². The highest BCUT2D eigenvalue weighted by Gasteiger charge is 1.56. The van der Waals surface area contributed by atoms with E-state index in [1.807, 2.05) is 41.5 Å². The van der Waals surface area contributed by atoms with E-state index in [4.69, 9.17) is 0 Å². The van der Waals surface area contributed by atoms with Gasteiger partial charge in [-0.15, -0.1) is 12.4 Å². The maximum Gasteiger partial charge on any atom is -0.0564 e. The van der Waals surface area contributed by atoms with Gasteiger partial charge < -0.3 is 0 Å². The minimum atomic E-state index is 0. The Hall–Kier alpha value is 0.290. The van der Waals surface area contributed by atoms with Gasteiger partial charge in [-0.1, -0.05) is 68.2 Å². The average molecular weight is 185 g/mol. The molecule has 0 saturated heterocycles. The molecule has 0 aliphatic rings. The van der Waals surface area contributed by atoms with Gasteiger partial charge in [0, 0.05) is 0 Å². The molecule has 0 nitrogen and oxygen atoms in total. The molecule has 0 radical (unpaired) electrons. The third kappa shape index (κ3) is 425. The van der Waals surface area contributed by atoms with Crippen molar-refractivity contribution >= 4 is 12.4 Å². The maximum atomic E-state index is 2.18. The lowest BCUT2D eigenvalue weighted by Crippen LogP contribution is -1.47. The Morgan fingerprint density at radius 1 is 0.545 bits per heavy atom. The standard InChI is InChI=1S/C4H10.3C2H6.ClH/c1-3-4-2;3*1-2;/h3-4H2,1-2H3;3*1-2H3;1H. The molecule has 0 aromatic rings. The van der Waals surface area contributed by atoms with Gasteiger partial charge in [0.25, 0.3) is 0 Å². The van der Waals surface area contributed by atoms with Gasteiger partial charge in [-0.3, -0.25) is 0 Å². The fourth-order valence-electron chi connectivity index (χ4n) is 0. The van der Waals surface area contributed by atoms with Gasteiger partial charge >= 0.3 is 0 Å². The number of unbranched alkanes of at least 4 members (excludes halogenated alkanes) is 1. The summed E-state index contributed by atoms with van der Waals surface area (Å²) in [5.74, 6) is 0. The summed E-state index contributed by atoms with van der Waals surface area (Å²) in [6.07, 6.45) is 2.64. The van der Waals surface area contributed by atoms with Crippen molar-refractivity contribution in [2.24, 2.45) is 0 Å². The van der Waals surface area contributed by atoms with E-state index in [-0.39, 0.29) is 12.4 Å². The smallest absolute Gasteiger partial charge is 0.0564 e. The molecule has 0 unspecified atom stereocenters. The molecule has 0 rings (SSSR count). The normalized spacial score (nSPS) is 4.36. The van der Waals surface area contributed by atoms with Crippen LogP contribution in [0.3, 0.4) is 0 Å². The van der Waals surface area contributed by atoms with Crippen LogP contribution >= 0.6 is 12.4 Å². The minimum absolute atomic E-state index is 0. The Balaban J connectivity index is -0.0000000152. The minimum Gasteiger partial charge on any atom is -0.147 e. The zero-order chi connectivity index (χ0) is 9.41. The van der Waals surface area contributed by atoms with Crippen LogP contribution in [0.4, 0.5) is 0 Å². The number of hydrogen-bond acceptors (Lipinski definition) is 0. The molecule has 0 heterocycles. The second-order valence-electron chi connectivity index (χ2n) is 1.000. The molecule has 0 spiro atoms. The van der Waals surface area contributed by atoms with E-state index < -0.39 is 0 Å². The highest BCUT2D eigenvalue weighted by atomic mass is 35.5. The summed E-state index contributed by atoms with van der Waals surface area (Å²) in [6, 6.07) is 0. The molecular formula is C10H29Cl. The Morgan fingerprint density at radius 3 is 0.636 bits per heavy atom. The topological polar surface area (TPSA) is 0 Å². The molecule has 1 heteroatoms. The molecular weight excluding hydrogens is 156 g/mol. The van der Waals surface area contributed by atoms with E-state index in [1.54, 1.807) is 0 Å². The molecule has 0 amide bonds. The molecule has 0 aliphatic heterocycles. The lowest BCUT2D eigenvalue weighted by atomic mass is 10.4. The predicted molar refractivity (Wildman–Crippen MR) is 61.9 cm³/mol. The van der Waals surface area contributed by atoms with Crippen molar-refractivity contribution in [3.63, 3.8) is 0 Å². The van der Waals surface area contributed by atoms with Crippen molar-refractivity contribution in [1.82, 2.24) is 0 Å². The molecule has 0 saturated carbocycles. The van der Waals surface area contributed by atoms with E-state index in [2.05, 4.69) is 13.8 Å². The first-order valence-electron chi connectivity index (χ1n) is 4.91. The largest absolute Gasteiger partial charge is 0.147 e. The third-order valence-corrected chi connectivity index (χ3v) is 0.500. The molecule has 0 bridgehead atoms. The fourth-order valence-corrected chi connectivity index (χ4v) is 0. The quantitative estimate of drug-likeness (QED) is 0.519. The molecule has 0 aliphatic carbocycles. The SMILES string of the molecule is CC.CC.CC.CCCC.Cl. The molecule has 0 fully saturated rings. The van der Waals surface area contributed by atoms with Crippen molar-refractivity contribution in [3.05, 3.63) is 0 Å². The Morgan fingerprint density at radius 2 is 0.636 bits per heavy atom. The summed E-state index contributed by atoms with van der Waals surface area (Å²) in [6.45, 7) is 16.4. The number of halogens is 1. The van der Waals surface area contributed by atoms with Gasteiger partial charge in [0.1, 0.15) is 0 Å². The lowest BCUT2D eigenvalue weighted by molar-refractivity contribution is 0.886. The summed E-state index contributed by atoms with van der Waals surface area (Å²) in [7, 11) is 0. The van der Waals surface area contributed by atoms with Crippen LogP contribution in [0, 0.1) is 0 Å². The van der Waals surface area contributed by atoms with Crippen molar-refractivity contribution in [2.45, 2.75) is 68.2 Å². The summed E-state index contributed by atoms with van der Waals surface area (Å²) in [4.78, 5) is 0. The highest BCUT2D eigenvalue weighted by Crippen LogP contribution is 1.76. The van der Waals surface area contributed by atoms with Gasteiger partial charge in [-0.25, -0.2) is 0 Å². The number of rotatable bonds is 1. The average Bonchev–Trinajstić information content (AvgIpc) is 2.14. The first-order valence-corrected chi connectivity index (χ1v) is 4.91. The van der Waals surface area contributed by atoms with Crippen LogP contribution in [0.15, 0.2) is 0 Å². The summed E-state index contributed by atoms with van der Waals surface area (Å²) >= 11 is 0. The van der Waals surface area contributed by atoms with Gasteiger partial charge in [-0.2, -0.15) is 0 Å². The fraction of sp³-hybridized carbons (Fsp3) is 1.00. The van der Waals surface area contributed by atoms with E-state index in [1.165, 1.54) is 12.8 Å². The highest BCUT2D eigenvalue weighted by molar-refractivity contribution is 5.85. The maximum absolute atomic E-state index is 2.18. The van der Waals surface area contributed by atoms with E-state index in [0.29, 0.717) is 0 Å². The first kappa shape index (κ1) is 30.2. The van der Waals surface area contributed by atoms with Crippen LogP contribution < -0.4 is 0 Å². The molecule has 0 N–H and O–H groups in total. The van der Waals surface area contributed by atoms with Crippen LogP contribution in [0.5, 0.6) is 0 Å². The van der Waals surface area contributed by atoms with E-state index >= 15 is 0 Å². The monoisotopic (exact) mass is 184 g/mol. The zero-order valence-corrected chi connectivity index (χ0v) is 10.6. The van der Waals surface area contributed by atoms with Gasteiger partial charge in [0.2, 0.25) is 0 Å². The second-order valence-corrected chi connectivity index (χ2v) is 1.000. The van der Waals surface area contributed by atoms with E-state index in [0.717, 1.165) is 0 Å². The second kappa shape index (κ2) is 169. The summed E-state index contributed by atoms with van der Waals surface area (Å²) in [5.41, 5.74) is 0. The van der Waals surface area contributed by atoms with Crippen LogP contribution in [0.1, 0.15) is 68.2 Å². The van der Waals surface area contributed by atoms with Crippen LogP contribution in [-0.4, -0.2) is 0 Å². The molecule has 0 aromatic heterocycles. The van der Waals surface area contributed by atoms with Gasteiger partial charge in [0.05, 0.1) is 0 Å². The van der Waals surface area contributed by atoms with Crippen molar-refractivity contribution in [2.75, 3.05) is 0 Å². The number of hydrogen-bond donors (Lipinski definition) is 0. The first-order chi connectivity index (χ1) is 4.91. The van der Waals surface area contributed by atoms with Gasteiger partial charge in [-0.05, 0) is 0 Å². The Bertz CT molecular complexity index is 6.83. The van der Waals surface area contributed by atoms with Crippen molar-refractivity contribution in [1.29, 1.82) is 0 Å². The van der Waals surface area contributed by atoms with E-state index in [9.17, 15) is 0 Å². The summed E-state index contributed by atoms with van der Waals surface area (Å²) < 4.78 is 0. The Labute approximate surface area is 81.2 Å². The molecule has 0 atom stereocenters. The summed E-state index contributed by atoms with van der Waals surface area (Å²) in [5, 5.41) is 0. The molecule has 76 valence electrons. The van der Waals surface area contributed by atoms with Crippen molar-refractivity contribution in [3.8, 4) is 0 Å².